The van der Waals surface area contributed by atoms with Gasteiger partial charge in [0.1, 0.15) is 5.82 Å². The molecule has 1 atom stereocenters. The Kier molecular flexibility index (Phi) is 3.41. The lowest BCUT2D eigenvalue weighted by atomic mass is 10.2. The lowest BCUT2D eigenvalue weighted by Crippen LogP contribution is -2.35. The van der Waals surface area contributed by atoms with Gasteiger partial charge in [-0.2, -0.15) is 0 Å². The van der Waals surface area contributed by atoms with E-state index in [4.69, 9.17) is 11.6 Å². The Labute approximate surface area is 98.0 Å². The van der Waals surface area contributed by atoms with Gasteiger partial charge in [-0.15, -0.1) is 0 Å². The number of halogens is 2. The number of anilines is 1. The minimum absolute atomic E-state index is 0.162. The molecular weight excluding hydrogens is 231 g/mol. The maximum atomic E-state index is 12.9. The van der Waals surface area contributed by atoms with Gasteiger partial charge in [0.15, 0.2) is 0 Å². The second-order valence-electron chi connectivity index (χ2n) is 3.76. The highest BCUT2D eigenvalue weighted by atomic mass is 35.5. The maximum Gasteiger partial charge on any atom is 0.241 e. The zero-order chi connectivity index (χ0) is 11.5. The van der Waals surface area contributed by atoms with Crippen LogP contribution in [0.4, 0.5) is 10.1 Å². The number of carbonyl (C=O) groups excluding carboxylic acids is 1. The van der Waals surface area contributed by atoms with Crippen LogP contribution in [-0.2, 0) is 4.79 Å². The van der Waals surface area contributed by atoms with Crippen molar-refractivity contribution in [3.05, 3.63) is 29.0 Å². The first-order chi connectivity index (χ1) is 7.66. The third-order valence-electron chi connectivity index (χ3n) is 2.56. The average molecular weight is 243 g/mol. The molecule has 1 heterocycles. The van der Waals surface area contributed by atoms with Crippen molar-refractivity contribution in [2.24, 2.45) is 0 Å². The van der Waals surface area contributed by atoms with Crippen LogP contribution in [0.1, 0.15) is 12.8 Å². The fourth-order valence-electron chi connectivity index (χ4n) is 1.72. The van der Waals surface area contributed by atoms with Crippen LogP contribution >= 0.6 is 11.6 Å². The van der Waals surface area contributed by atoms with Crippen LogP contribution < -0.4 is 10.6 Å². The Morgan fingerprint density at radius 2 is 2.38 bits per heavy atom. The molecule has 2 rings (SSSR count). The molecule has 2 N–H and O–H groups in total. The third-order valence-corrected chi connectivity index (χ3v) is 2.89. The average Bonchev–Trinajstić information content (AvgIpc) is 2.76. The summed E-state index contributed by atoms with van der Waals surface area (Å²) in [6, 6.07) is 3.70. The Morgan fingerprint density at radius 3 is 3.06 bits per heavy atom. The monoisotopic (exact) mass is 242 g/mol. The molecule has 0 aromatic heterocycles. The van der Waals surface area contributed by atoms with Crippen LogP contribution in [0.3, 0.4) is 0 Å². The topological polar surface area (TPSA) is 41.1 Å². The Balaban J connectivity index is 2.07. The molecule has 1 aromatic rings. The summed E-state index contributed by atoms with van der Waals surface area (Å²) in [6.45, 7) is 0.842. The minimum atomic E-state index is -0.418. The zero-order valence-electron chi connectivity index (χ0n) is 8.59. The van der Waals surface area contributed by atoms with E-state index in [0.717, 1.165) is 19.4 Å². The SMILES string of the molecule is O=C(Nc1cc(F)ccc1Cl)[C@H]1CCCN1. The van der Waals surface area contributed by atoms with Crippen LogP contribution in [0, 0.1) is 5.82 Å². The Hall–Kier alpha value is -1.13. The lowest BCUT2D eigenvalue weighted by molar-refractivity contribution is -0.117. The standard InChI is InChI=1S/C11H12ClFN2O/c12-8-4-3-7(13)6-10(8)15-11(16)9-2-1-5-14-9/h3-4,6,9,14H,1-2,5H2,(H,15,16)/t9-/m1/s1. The Bertz CT molecular complexity index is 405. The van der Waals surface area contributed by atoms with Crippen LogP contribution in [0.15, 0.2) is 18.2 Å². The summed E-state index contributed by atoms with van der Waals surface area (Å²) in [5.74, 6) is -0.580. The van der Waals surface area contributed by atoms with Gasteiger partial charge in [0.05, 0.1) is 16.8 Å². The molecule has 0 saturated carbocycles. The van der Waals surface area contributed by atoms with Crippen molar-refractivity contribution in [1.29, 1.82) is 0 Å². The van der Waals surface area contributed by atoms with E-state index >= 15 is 0 Å². The van der Waals surface area contributed by atoms with E-state index in [0.29, 0.717) is 10.7 Å². The Morgan fingerprint density at radius 1 is 1.56 bits per heavy atom. The van der Waals surface area contributed by atoms with Crippen LogP contribution in [0.5, 0.6) is 0 Å². The first kappa shape index (κ1) is 11.4. The molecule has 0 spiro atoms. The summed E-state index contributed by atoms with van der Waals surface area (Å²) < 4.78 is 12.9. The molecule has 16 heavy (non-hydrogen) atoms. The van der Waals surface area contributed by atoms with Crippen LogP contribution in [-0.4, -0.2) is 18.5 Å². The van der Waals surface area contributed by atoms with Gasteiger partial charge in [-0.25, -0.2) is 4.39 Å². The fourth-order valence-corrected chi connectivity index (χ4v) is 1.89. The fraction of sp³-hybridized carbons (Fsp3) is 0.364. The third kappa shape index (κ3) is 2.51. The van der Waals surface area contributed by atoms with Gasteiger partial charge in [0.25, 0.3) is 0 Å². The number of benzene rings is 1. The smallest absolute Gasteiger partial charge is 0.241 e. The normalized spacial score (nSPS) is 19.8. The maximum absolute atomic E-state index is 12.9. The second-order valence-corrected chi connectivity index (χ2v) is 4.17. The van der Waals surface area contributed by atoms with E-state index in [1.54, 1.807) is 0 Å². The number of amides is 1. The van der Waals surface area contributed by atoms with Gasteiger partial charge in [0.2, 0.25) is 5.91 Å². The van der Waals surface area contributed by atoms with Crippen molar-refractivity contribution < 1.29 is 9.18 Å². The quantitative estimate of drug-likeness (QED) is 0.835. The molecule has 1 aliphatic rings. The van der Waals surface area contributed by atoms with E-state index in [1.165, 1.54) is 18.2 Å². The number of carbonyl (C=O) groups is 1. The predicted octanol–water partition coefficient (Wildman–Crippen LogP) is 2.17. The summed E-state index contributed by atoms with van der Waals surface area (Å²) in [6.07, 6.45) is 1.79. The van der Waals surface area contributed by atoms with E-state index in [1.807, 2.05) is 0 Å². The molecule has 1 aromatic carbocycles. The van der Waals surface area contributed by atoms with Gasteiger partial charge >= 0.3 is 0 Å². The molecule has 0 unspecified atom stereocenters. The van der Waals surface area contributed by atoms with E-state index in [9.17, 15) is 9.18 Å². The van der Waals surface area contributed by atoms with Crippen molar-refractivity contribution in [1.82, 2.24) is 5.32 Å². The van der Waals surface area contributed by atoms with Gasteiger partial charge < -0.3 is 10.6 Å². The summed E-state index contributed by atoms with van der Waals surface area (Å²) >= 11 is 5.85. The zero-order valence-corrected chi connectivity index (χ0v) is 9.35. The van der Waals surface area contributed by atoms with Gasteiger partial charge in [-0.1, -0.05) is 11.6 Å². The minimum Gasteiger partial charge on any atom is -0.323 e. The van der Waals surface area contributed by atoms with Crippen molar-refractivity contribution in [2.75, 3.05) is 11.9 Å². The first-order valence-corrected chi connectivity index (χ1v) is 5.54. The summed E-state index contributed by atoms with van der Waals surface area (Å²) in [5.41, 5.74) is 0.320. The molecule has 86 valence electrons. The number of nitrogens with one attached hydrogen (secondary N) is 2. The molecule has 1 aliphatic heterocycles. The van der Waals surface area contributed by atoms with E-state index in [2.05, 4.69) is 10.6 Å². The number of rotatable bonds is 2. The van der Waals surface area contributed by atoms with Gasteiger partial charge in [-0.3, -0.25) is 4.79 Å². The summed E-state index contributed by atoms with van der Waals surface area (Å²) in [7, 11) is 0. The molecule has 1 amide bonds. The van der Waals surface area contributed by atoms with Crippen molar-refractivity contribution in [2.45, 2.75) is 18.9 Å². The molecule has 1 saturated heterocycles. The highest BCUT2D eigenvalue weighted by Crippen LogP contribution is 2.23. The summed E-state index contributed by atoms with van der Waals surface area (Å²) in [4.78, 5) is 11.7. The predicted molar refractivity (Wildman–Crippen MR) is 61.1 cm³/mol. The molecule has 0 radical (unpaired) electrons. The van der Waals surface area contributed by atoms with E-state index < -0.39 is 5.82 Å². The van der Waals surface area contributed by atoms with Gasteiger partial charge in [-0.05, 0) is 37.6 Å². The number of hydrogen-bond acceptors (Lipinski definition) is 2. The van der Waals surface area contributed by atoms with Crippen molar-refractivity contribution >= 4 is 23.2 Å². The molecule has 0 bridgehead atoms. The molecular formula is C11H12ClFN2O. The molecule has 5 heteroatoms. The molecule has 3 nitrogen and oxygen atoms in total. The molecule has 1 fully saturated rings. The first-order valence-electron chi connectivity index (χ1n) is 5.16. The van der Waals surface area contributed by atoms with Crippen molar-refractivity contribution in [3.63, 3.8) is 0 Å². The van der Waals surface area contributed by atoms with E-state index in [-0.39, 0.29) is 11.9 Å². The largest absolute Gasteiger partial charge is 0.323 e. The van der Waals surface area contributed by atoms with Crippen LogP contribution in [0.2, 0.25) is 5.02 Å². The number of hydrogen-bond donors (Lipinski definition) is 2. The van der Waals surface area contributed by atoms with Gasteiger partial charge in [0, 0.05) is 0 Å². The highest BCUT2D eigenvalue weighted by Gasteiger charge is 2.22. The van der Waals surface area contributed by atoms with Crippen molar-refractivity contribution in [3.8, 4) is 0 Å². The molecule has 0 aliphatic carbocycles. The summed E-state index contributed by atoms with van der Waals surface area (Å²) in [5, 5.41) is 6.02. The lowest BCUT2D eigenvalue weighted by Gasteiger charge is -2.12. The second kappa shape index (κ2) is 4.80. The van der Waals surface area contributed by atoms with Crippen LogP contribution in [0.25, 0.3) is 0 Å². The highest BCUT2D eigenvalue weighted by molar-refractivity contribution is 6.33.